The molecule has 0 heterocycles. The minimum atomic E-state index is -0.603. The second-order valence-electron chi connectivity index (χ2n) is 2.70. The maximum atomic E-state index is 12.7. The fourth-order valence-electron chi connectivity index (χ4n) is 0.937. The van der Waals surface area contributed by atoms with E-state index in [2.05, 4.69) is 16.6 Å². The number of carbonyl (C=O) groups excluding carboxylic acids is 1. The van der Waals surface area contributed by atoms with E-state index in [1.54, 1.807) is 6.92 Å². The Kier molecular flexibility index (Phi) is 3.24. The molecular formula is C11H9FO2. The predicted octanol–water partition coefficient (Wildman–Crippen LogP) is 1.66. The highest BCUT2D eigenvalue weighted by atomic mass is 19.1. The van der Waals surface area contributed by atoms with Crippen LogP contribution in [0.5, 0.6) is 0 Å². The molecule has 1 aromatic carbocycles. The fraction of sp³-hybridized carbons (Fsp3) is 0.182. The number of ether oxygens (including phenoxy) is 1. The van der Waals surface area contributed by atoms with Gasteiger partial charge in [-0.1, -0.05) is 5.92 Å². The number of aryl methyl sites for hydroxylation is 1. The third kappa shape index (κ3) is 2.60. The number of esters is 1. The SMILES string of the molecule is COC(=O)C#Cc1ccc(F)cc1C. The lowest BCUT2D eigenvalue weighted by Gasteiger charge is -1.96. The van der Waals surface area contributed by atoms with Crippen LogP contribution in [0.1, 0.15) is 11.1 Å². The first-order chi connectivity index (χ1) is 6.63. The van der Waals surface area contributed by atoms with Crippen LogP contribution < -0.4 is 0 Å². The molecule has 0 spiro atoms. The first kappa shape index (κ1) is 10.3. The van der Waals surface area contributed by atoms with E-state index in [0.717, 1.165) is 0 Å². The number of benzene rings is 1. The molecule has 0 aliphatic carbocycles. The standard InChI is InChI=1S/C11H9FO2/c1-8-7-10(12)5-3-9(8)4-6-11(13)14-2/h3,5,7H,1-2H3. The number of hydrogen-bond donors (Lipinski definition) is 0. The normalized spacial score (nSPS) is 8.79. The van der Waals surface area contributed by atoms with Gasteiger partial charge >= 0.3 is 5.97 Å². The van der Waals surface area contributed by atoms with Crippen LogP contribution in [0, 0.1) is 24.6 Å². The highest BCUT2D eigenvalue weighted by Gasteiger charge is 1.97. The molecule has 0 saturated carbocycles. The number of halogens is 1. The number of methoxy groups -OCH3 is 1. The van der Waals surface area contributed by atoms with Gasteiger partial charge in [0.05, 0.1) is 7.11 Å². The van der Waals surface area contributed by atoms with Crippen molar-refractivity contribution in [2.24, 2.45) is 0 Å². The number of hydrogen-bond acceptors (Lipinski definition) is 2. The molecule has 2 nitrogen and oxygen atoms in total. The van der Waals surface area contributed by atoms with Crippen LogP contribution in [0.4, 0.5) is 4.39 Å². The quantitative estimate of drug-likeness (QED) is 0.461. The number of carbonyl (C=O) groups is 1. The van der Waals surface area contributed by atoms with Gasteiger partial charge in [0.15, 0.2) is 0 Å². The van der Waals surface area contributed by atoms with Crippen LogP contribution in [0.15, 0.2) is 18.2 Å². The highest BCUT2D eigenvalue weighted by Crippen LogP contribution is 2.08. The summed E-state index contributed by atoms with van der Waals surface area (Å²) in [5.74, 6) is 3.96. The molecule has 1 aromatic rings. The van der Waals surface area contributed by atoms with Gasteiger partial charge in [-0.15, -0.1) is 0 Å². The van der Waals surface area contributed by atoms with E-state index in [9.17, 15) is 9.18 Å². The minimum absolute atomic E-state index is 0.314. The summed E-state index contributed by atoms with van der Waals surface area (Å²) in [7, 11) is 1.26. The molecule has 0 aromatic heterocycles. The third-order valence-corrected chi connectivity index (χ3v) is 1.67. The van der Waals surface area contributed by atoms with Crippen LogP contribution >= 0.6 is 0 Å². The van der Waals surface area contributed by atoms with Crippen molar-refractivity contribution in [1.29, 1.82) is 0 Å². The molecule has 0 aliphatic rings. The summed E-state index contributed by atoms with van der Waals surface area (Å²) in [6, 6.07) is 4.19. The van der Waals surface area contributed by atoms with E-state index < -0.39 is 5.97 Å². The minimum Gasteiger partial charge on any atom is -0.459 e. The van der Waals surface area contributed by atoms with Crippen LogP contribution in [0.3, 0.4) is 0 Å². The molecule has 3 heteroatoms. The summed E-state index contributed by atoms with van der Waals surface area (Å²) >= 11 is 0. The number of rotatable bonds is 0. The van der Waals surface area contributed by atoms with Gasteiger partial charge in [0.25, 0.3) is 0 Å². The summed E-state index contributed by atoms with van der Waals surface area (Å²) < 4.78 is 17.0. The van der Waals surface area contributed by atoms with Crippen LogP contribution in [-0.2, 0) is 9.53 Å². The molecule has 14 heavy (non-hydrogen) atoms. The Morgan fingerprint density at radius 2 is 2.21 bits per heavy atom. The lowest BCUT2D eigenvalue weighted by molar-refractivity contribution is -0.133. The first-order valence-corrected chi connectivity index (χ1v) is 3.99. The Balaban J connectivity index is 2.96. The van der Waals surface area contributed by atoms with Gasteiger partial charge in [-0.25, -0.2) is 9.18 Å². The van der Waals surface area contributed by atoms with Gasteiger partial charge in [-0.3, -0.25) is 0 Å². The maximum Gasteiger partial charge on any atom is 0.384 e. The summed E-state index contributed by atoms with van der Waals surface area (Å²) in [4.78, 5) is 10.7. The summed E-state index contributed by atoms with van der Waals surface area (Å²) in [5, 5.41) is 0. The van der Waals surface area contributed by atoms with Gasteiger partial charge < -0.3 is 4.74 Å². The van der Waals surface area contributed by atoms with Gasteiger partial charge in [-0.2, -0.15) is 0 Å². The van der Waals surface area contributed by atoms with Crippen molar-refractivity contribution >= 4 is 5.97 Å². The zero-order valence-electron chi connectivity index (χ0n) is 7.93. The molecule has 0 atom stereocenters. The van der Waals surface area contributed by atoms with Crippen molar-refractivity contribution in [3.05, 3.63) is 35.1 Å². The average molecular weight is 192 g/mol. The Hall–Kier alpha value is -1.82. The molecular weight excluding hydrogens is 183 g/mol. The topological polar surface area (TPSA) is 26.3 Å². The van der Waals surface area contributed by atoms with Crippen LogP contribution in [-0.4, -0.2) is 13.1 Å². The van der Waals surface area contributed by atoms with Gasteiger partial charge in [0.2, 0.25) is 0 Å². The smallest absolute Gasteiger partial charge is 0.384 e. The van der Waals surface area contributed by atoms with Crippen molar-refractivity contribution in [2.75, 3.05) is 7.11 Å². The van der Waals surface area contributed by atoms with Gasteiger partial charge in [0, 0.05) is 11.5 Å². The lowest BCUT2D eigenvalue weighted by Crippen LogP contribution is -1.95. The van der Waals surface area contributed by atoms with Gasteiger partial charge in [0.1, 0.15) is 5.82 Å². The van der Waals surface area contributed by atoms with E-state index in [1.165, 1.54) is 25.3 Å². The lowest BCUT2D eigenvalue weighted by atomic mass is 10.1. The average Bonchev–Trinajstić information content (AvgIpc) is 2.16. The zero-order chi connectivity index (χ0) is 10.6. The van der Waals surface area contributed by atoms with E-state index in [4.69, 9.17) is 0 Å². The summed E-state index contributed by atoms with van der Waals surface area (Å²) in [5.41, 5.74) is 1.32. The molecule has 0 N–H and O–H groups in total. The van der Waals surface area contributed by atoms with Crippen LogP contribution in [0.2, 0.25) is 0 Å². The molecule has 0 unspecified atom stereocenters. The maximum absolute atomic E-state index is 12.7. The fourth-order valence-corrected chi connectivity index (χ4v) is 0.937. The largest absolute Gasteiger partial charge is 0.459 e. The summed E-state index contributed by atoms with van der Waals surface area (Å²) in [6.07, 6.45) is 0. The second-order valence-corrected chi connectivity index (χ2v) is 2.70. The van der Waals surface area contributed by atoms with Crippen molar-refractivity contribution in [3.63, 3.8) is 0 Å². The molecule has 0 amide bonds. The van der Waals surface area contributed by atoms with Crippen molar-refractivity contribution in [2.45, 2.75) is 6.92 Å². The predicted molar refractivity (Wildman–Crippen MR) is 50.0 cm³/mol. The molecule has 1 rings (SSSR count). The molecule has 72 valence electrons. The first-order valence-electron chi connectivity index (χ1n) is 3.99. The highest BCUT2D eigenvalue weighted by molar-refractivity contribution is 5.89. The van der Waals surface area contributed by atoms with Crippen LogP contribution in [0.25, 0.3) is 0 Å². The zero-order valence-corrected chi connectivity index (χ0v) is 7.93. The van der Waals surface area contributed by atoms with Crippen molar-refractivity contribution in [3.8, 4) is 11.8 Å². The third-order valence-electron chi connectivity index (χ3n) is 1.67. The van der Waals surface area contributed by atoms with E-state index in [-0.39, 0.29) is 5.82 Å². The van der Waals surface area contributed by atoms with E-state index in [0.29, 0.717) is 11.1 Å². The monoisotopic (exact) mass is 192 g/mol. The van der Waals surface area contributed by atoms with E-state index in [1.807, 2.05) is 0 Å². The molecule has 0 aliphatic heterocycles. The van der Waals surface area contributed by atoms with Crippen molar-refractivity contribution in [1.82, 2.24) is 0 Å². The Labute approximate surface area is 81.7 Å². The van der Waals surface area contributed by atoms with Crippen molar-refractivity contribution < 1.29 is 13.9 Å². The molecule has 0 fully saturated rings. The second kappa shape index (κ2) is 4.43. The molecule has 0 bridgehead atoms. The van der Waals surface area contributed by atoms with Gasteiger partial charge in [-0.05, 0) is 30.7 Å². The Bertz CT molecular complexity index is 413. The summed E-state index contributed by atoms with van der Waals surface area (Å²) in [6.45, 7) is 1.73. The van der Waals surface area contributed by atoms with E-state index >= 15 is 0 Å². The molecule has 0 radical (unpaired) electrons. The Morgan fingerprint density at radius 3 is 2.79 bits per heavy atom. The Morgan fingerprint density at radius 1 is 1.50 bits per heavy atom. The molecule has 0 saturated heterocycles.